The first kappa shape index (κ1) is 18.8. The van der Waals surface area contributed by atoms with Gasteiger partial charge in [-0.2, -0.15) is 0 Å². The number of amides is 1. The summed E-state index contributed by atoms with van der Waals surface area (Å²) >= 11 is 0. The molecule has 6 nitrogen and oxygen atoms in total. The quantitative estimate of drug-likeness (QED) is 0.430. The largest absolute Gasteiger partial charge is 0.340 e. The maximum atomic E-state index is 13.1. The lowest BCUT2D eigenvalue weighted by Crippen LogP contribution is -2.38. The third-order valence-electron chi connectivity index (χ3n) is 6.37. The molecule has 2 aromatic heterocycles. The van der Waals surface area contributed by atoms with Gasteiger partial charge in [0.2, 0.25) is 5.91 Å². The zero-order chi connectivity index (χ0) is 21.5. The maximum Gasteiger partial charge on any atom is 0.224 e. The number of fused-ring (bicyclic) bond motifs is 4. The molecule has 6 heteroatoms. The molecule has 3 aromatic carbocycles. The second kappa shape index (κ2) is 7.64. The fourth-order valence-electron chi connectivity index (χ4n) is 4.78. The van der Waals surface area contributed by atoms with Crippen LogP contribution >= 0.6 is 0 Å². The highest BCUT2D eigenvalue weighted by Crippen LogP contribution is 2.29. The third kappa shape index (κ3) is 3.07. The summed E-state index contributed by atoms with van der Waals surface area (Å²) < 4.78 is 4.40. The number of nitrogens with zero attached hydrogens (tertiary/aromatic N) is 5. The van der Waals surface area contributed by atoms with E-state index in [1.165, 1.54) is 21.8 Å². The number of rotatable bonds is 4. The van der Waals surface area contributed by atoms with Crippen LogP contribution in [0.5, 0.6) is 0 Å². The molecule has 1 amide bonds. The fourth-order valence-corrected chi connectivity index (χ4v) is 4.78. The minimum absolute atomic E-state index is 0.155. The van der Waals surface area contributed by atoms with Crippen LogP contribution in [0.2, 0.25) is 0 Å². The van der Waals surface area contributed by atoms with Gasteiger partial charge in [0.1, 0.15) is 0 Å². The van der Waals surface area contributed by atoms with Gasteiger partial charge in [-0.05, 0) is 12.1 Å². The molecule has 0 unspecified atom stereocenters. The monoisotopic (exact) mass is 421 g/mol. The van der Waals surface area contributed by atoms with Gasteiger partial charge in [-0.25, -0.2) is 0 Å². The van der Waals surface area contributed by atoms with Crippen LogP contribution in [0.15, 0.2) is 78.9 Å². The van der Waals surface area contributed by atoms with E-state index < -0.39 is 0 Å². The number of carbonyl (C=O) groups is 1. The lowest BCUT2D eigenvalue weighted by molar-refractivity contribution is -0.132. The standard InChI is InChI=1S/C26H23N5O/c32-25(14-15-30-22-12-6-4-10-20(22)21-11-5-7-13-23(21)30)29-16-17-31-24(18-29)27-28-26(31)19-8-2-1-3-9-19/h1-13H,14-18H2. The molecule has 158 valence electrons. The lowest BCUT2D eigenvalue weighted by Gasteiger charge is -2.28. The molecule has 0 saturated heterocycles. The van der Waals surface area contributed by atoms with Crippen LogP contribution in [0.25, 0.3) is 33.2 Å². The van der Waals surface area contributed by atoms with Crippen molar-refractivity contribution in [3.63, 3.8) is 0 Å². The van der Waals surface area contributed by atoms with Crippen LogP contribution in [-0.4, -0.2) is 36.7 Å². The van der Waals surface area contributed by atoms with Crippen LogP contribution in [-0.2, 0) is 24.4 Å². The number of aryl methyl sites for hydroxylation is 1. The highest BCUT2D eigenvalue weighted by atomic mass is 16.2. The van der Waals surface area contributed by atoms with E-state index in [-0.39, 0.29) is 5.91 Å². The molecule has 0 saturated carbocycles. The van der Waals surface area contributed by atoms with Gasteiger partial charge in [-0.3, -0.25) is 4.79 Å². The first-order chi connectivity index (χ1) is 15.8. The average Bonchev–Trinajstić information content (AvgIpc) is 3.42. The Kier molecular flexibility index (Phi) is 4.49. The molecule has 3 heterocycles. The Bertz CT molecular complexity index is 1380. The van der Waals surface area contributed by atoms with Crippen molar-refractivity contribution in [1.82, 2.24) is 24.2 Å². The third-order valence-corrected chi connectivity index (χ3v) is 6.37. The molecule has 0 N–H and O–H groups in total. The van der Waals surface area contributed by atoms with Gasteiger partial charge >= 0.3 is 0 Å². The number of carbonyl (C=O) groups excluding carboxylic acids is 1. The maximum absolute atomic E-state index is 13.1. The molecule has 1 aliphatic rings. The summed E-state index contributed by atoms with van der Waals surface area (Å²) in [6.45, 7) is 2.56. The Morgan fingerprint density at radius 1 is 0.781 bits per heavy atom. The first-order valence-electron chi connectivity index (χ1n) is 11.0. The van der Waals surface area contributed by atoms with Gasteiger partial charge in [0, 0.05) is 53.4 Å². The van der Waals surface area contributed by atoms with Gasteiger partial charge in [0.25, 0.3) is 0 Å². The summed E-state index contributed by atoms with van der Waals surface area (Å²) in [6.07, 6.45) is 0.461. The molecular weight excluding hydrogens is 398 g/mol. The Morgan fingerprint density at radius 3 is 2.16 bits per heavy atom. The van der Waals surface area contributed by atoms with Gasteiger partial charge < -0.3 is 14.0 Å². The molecule has 0 aliphatic carbocycles. The second-order valence-electron chi connectivity index (χ2n) is 8.21. The fraction of sp³-hybridized carbons (Fsp3) is 0.192. The van der Waals surface area contributed by atoms with Crippen molar-refractivity contribution >= 4 is 27.7 Å². The van der Waals surface area contributed by atoms with Crippen molar-refractivity contribution in [1.29, 1.82) is 0 Å². The predicted molar refractivity (Wildman–Crippen MR) is 125 cm³/mol. The van der Waals surface area contributed by atoms with Gasteiger partial charge in [0.05, 0.1) is 6.54 Å². The predicted octanol–water partition coefficient (Wildman–Crippen LogP) is 4.49. The molecule has 1 aliphatic heterocycles. The number of aromatic nitrogens is 4. The average molecular weight is 422 g/mol. The molecule has 6 rings (SSSR count). The SMILES string of the molecule is O=C(CCn1c2ccccc2c2ccccc21)N1CCn2c(nnc2-c2ccccc2)C1. The molecule has 0 bridgehead atoms. The molecule has 0 atom stereocenters. The second-order valence-corrected chi connectivity index (χ2v) is 8.21. The van der Waals surface area contributed by atoms with E-state index in [1.54, 1.807) is 0 Å². The summed E-state index contributed by atoms with van der Waals surface area (Å²) in [6, 6.07) is 26.9. The van der Waals surface area contributed by atoms with Crippen molar-refractivity contribution in [2.24, 2.45) is 0 Å². The van der Waals surface area contributed by atoms with E-state index in [0.717, 1.165) is 17.2 Å². The number of benzene rings is 3. The lowest BCUT2D eigenvalue weighted by atomic mass is 10.2. The van der Waals surface area contributed by atoms with Gasteiger partial charge in [-0.15, -0.1) is 10.2 Å². The zero-order valence-electron chi connectivity index (χ0n) is 17.7. The summed E-state index contributed by atoms with van der Waals surface area (Å²) in [7, 11) is 0. The van der Waals surface area contributed by atoms with Crippen molar-refractivity contribution in [3.8, 4) is 11.4 Å². The summed E-state index contributed by atoms with van der Waals surface area (Å²) in [5, 5.41) is 11.2. The van der Waals surface area contributed by atoms with E-state index in [0.29, 0.717) is 32.6 Å². The summed E-state index contributed by atoms with van der Waals surface area (Å²) in [4.78, 5) is 15.0. The van der Waals surface area contributed by atoms with Crippen molar-refractivity contribution in [2.45, 2.75) is 26.1 Å². The molecule has 32 heavy (non-hydrogen) atoms. The van der Waals surface area contributed by atoms with Crippen molar-refractivity contribution in [3.05, 3.63) is 84.7 Å². The van der Waals surface area contributed by atoms with E-state index in [9.17, 15) is 4.79 Å². The minimum atomic E-state index is 0.155. The number of para-hydroxylation sites is 2. The van der Waals surface area contributed by atoms with Crippen LogP contribution in [0.3, 0.4) is 0 Å². The first-order valence-corrected chi connectivity index (χ1v) is 11.0. The van der Waals surface area contributed by atoms with Crippen LogP contribution in [0.1, 0.15) is 12.2 Å². The van der Waals surface area contributed by atoms with Crippen molar-refractivity contribution in [2.75, 3.05) is 6.54 Å². The Balaban J connectivity index is 1.21. The van der Waals surface area contributed by atoms with E-state index in [1.807, 2.05) is 35.2 Å². The molecule has 0 spiro atoms. The minimum Gasteiger partial charge on any atom is -0.340 e. The Hall–Kier alpha value is -3.93. The van der Waals surface area contributed by atoms with E-state index in [4.69, 9.17) is 0 Å². The summed E-state index contributed by atoms with van der Waals surface area (Å²) in [5.74, 6) is 1.88. The number of hydrogen-bond acceptors (Lipinski definition) is 3. The molecule has 5 aromatic rings. The van der Waals surface area contributed by atoms with Crippen molar-refractivity contribution < 1.29 is 4.79 Å². The van der Waals surface area contributed by atoms with Gasteiger partial charge in [0.15, 0.2) is 11.6 Å². The zero-order valence-corrected chi connectivity index (χ0v) is 17.7. The van der Waals surface area contributed by atoms with Gasteiger partial charge in [-0.1, -0.05) is 66.7 Å². The van der Waals surface area contributed by atoms with Crippen LogP contribution < -0.4 is 0 Å². The highest BCUT2D eigenvalue weighted by Gasteiger charge is 2.25. The van der Waals surface area contributed by atoms with Crippen LogP contribution in [0, 0.1) is 0 Å². The topological polar surface area (TPSA) is 56.0 Å². The highest BCUT2D eigenvalue weighted by molar-refractivity contribution is 6.08. The van der Waals surface area contributed by atoms with Crippen LogP contribution in [0.4, 0.5) is 0 Å². The number of hydrogen-bond donors (Lipinski definition) is 0. The Morgan fingerprint density at radius 2 is 1.44 bits per heavy atom. The van der Waals surface area contributed by atoms with E-state index in [2.05, 4.69) is 67.9 Å². The normalized spacial score (nSPS) is 13.6. The Labute approximate surface area is 185 Å². The molecular formula is C26H23N5O. The smallest absolute Gasteiger partial charge is 0.224 e. The molecule has 0 radical (unpaired) electrons. The molecule has 0 fully saturated rings. The summed E-state index contributed by atoms with van der Waals surface area (Å²) in [5.41, 5.74) is 3.40. The van der Waals surface area contributed by atoms with E-state index >= 15 is 0 Å².